The van der Waals surface area contributed by atoms with Gasteiger partial charge in [-0.2, -0.15) is 4.98 Å². The fourth-order valence-electron chi connectivity index (χ4n) is 12.4. The number of carbonyl (C=O) groups is 2. The van der Waals surface area contributed by atoms with Crippen LogP contribution in [0.1, 0.15) is 100 Å². The number of nitrogens with zero attached hydrogens (tertiary/aromatic N) is 10. The third-order valence-corrected chi connectivity index (χ3v) is 16.3. The smallest absolute Gasteiger partial charge is 0.278 e. The fourth-order valence-corrected chi connectivity index (χ4v) is 12.4. The minimum atomic E-state index is -0.991. The molecule has 1 saturated carbocycles. The topological polar surface area (TPSA) is 185 Å². The zero-order chi connectivity index (χ0) is 47.7. The Kier molecular flexibility index (Phi) is 11.4. The number of amides is 2. The number of hydrogen-bond donors (Lipinski definition) is 3. The molecule has 2 amide bonds. The first-order chi connectivity index (χ1) is 34.2. The summed E-state index contributed by atoms with van der Waals surface area (Å²) in [5.41, 5.74) is 5.38. The van der Waals surface area contributed by atoms with Crippen LogP contribution in [0.25, 0.3) is 38.7 Å². The third kappa shape index (κ3) is 7.78. The number of allylic oxidation sites excluding steroid dienone is 1. The minimum Gasteiger partial charge on any atom is -0.384 e. The van der Waals surface area contributed by atoms with Crippen LogP contribution in [0.15, 0.2) is 89.0 Å². The molecule has 8 heterocycles. The summed E-state index contributed by atoms with van der Waals surface area (Å²) in [7, 11) is 0. The van der Waals surface area contributed by atoms with E-state index in [1.165, 1.54) is 31.4 Å². The number of nitrogens with one attached hydrogen (secondary N) is 2. The predicted molar refractivity (Wildman–Crippen MR) is 268 cm³/mol. The molecule has 2 aromatic carbocycles. The Morgan fingerprint density at radius 1 is 0.843 bits per heavy atom. The molecule has 5 aromatic heterocycles. The highest BCUT2D eigenvalue weighted by Gasteiger charge is 2.38. The van der Waals surface area contributed by atoms with Gasteiger partial charge < -0.3 is 29.3 Å². The Morgan fingerprint density at radius 2 is 1.60 bits per heavy atom. The van der Waals surface area contributed by atoms with Gasteiger partial charge in [0.25, 0.3) is 5.56 Å². The van der Waals surface area contributed by atoms with Gasteiger partial charge in [0.15, 0.2) is 17.0 Å². The number of imide groups is 1. The summed E-state index contributed by atoms with van der Waals surface area (Å²) in [6.07, 6.45) is 15.2. The molecule has 3 saturated heterocycles. The summed E-state index contributed by atoms with van der Waals surface area (Å²) < 4.78 is 11.4. The molecule has 362 valence electrons. The number of piperazine rings is 1. The monoisotopic (exact) mass is 944 g/mol. The quantitative estimate of drug-likeness (QED) is 0.0906. The van der Waals surface area contributed by atoms with E-state index >= 15 is 0 Å². The van der Waals surface area contributed by atoms with E-state index < -0.39 is 11.5 Å². The maximum Gasteiger partial charge on any atom is 0.278 e. The maximum atomic E-state index is 13.6. The second kappa shape index (κ2) is 17.9. The van der Waals surface area contributed by atoms with Crippen molar-refractivity contribution in [2.75, 3.05) is 49.5 Å². The van der Waals surface area contributed by atoms with E-state index in [0.717, 1.165) is 86.1 Å². The van der Waals surface area contributed by atoms with Crippen molar-refractivity contribution >= 4 is 62.0 Å². The van der Waals surface area contributed by atoms with Gasteiger partial charge in [0.05, 0.1) is 23.5 Å². The molecule has 2 aliphatic carbocycles. The summed E-state index contributed by atoms with van der Waals surface area (Å²) in [6, 6.07) is 20.2. The van der Waals surface area contributed by atoms with Crippen molar-refractivity contribution in [1.29, 1.82) is 0 Å². The molecule has 2 atom stereocenters. The van der Waals surface area contributed by atoms with Gasteiger partial charge in [0.1, 0.15) is 16.7 Å². The van der Waals surface area contributed by atoms with Gasteiger partial charge in [-0.3, -0.25) is 24.6 Å². The van der Waals surface area contributed by atoms with E-state index in [1.54, 1.807) is 21.6 Å². The average molecular weight is 945 g/mol. The number of rotatable bonds is 11. The predicted octanol–water partition coefficient (Wildman–Crippen LogP) is 6.84. The maximum absolute atomic E-state index is 13.6. The molecule has 17 heteroatoms. The molecule has 5 aliphatic rings. The Bertz CT molecular complexity index is 3200. The van der Waals surface area contributed by atoms with Crippen molar-refractivity contribution in [3.8, 4) is 5.82 Å². The van der Waals surface area contributed by atoms with Crippen LogP contribution < -0.4 is 21.1 Å². The molecule has 12 rings (SSSR count). The van der Waals surface area contributed by atoms with Crippen molar-refractivity contribution in [3.05, 3.63) is 107 Å². The first kappa shape index (κ1) is 44.5. The Hall–Kier alpha value is -6.69. The normalized spacial score (nSPS) is 23.9. The number of pyridine rings is 1. The number of hydrogen-bond acceptors (Lipinski definition) is 13. The molecule has 3 aliphatic heterocycles. The summed E-state index contributed by atoms with van der Waals surface area (Å²) in [5, 5.41) is 23.8. The number of aliphatic hydroxyl groups is 1. The van der Waals surface area contributed by atoms with E-state index in [2.05, 4.69) is 89.2 Å². The number of carbonyl (C=O) groups excluding carboxylic acids is 2. The summed E-state index contributed by atoms with van der Waals surface area (Å²) >= 11 is 0. The molecule has 0 bridgehead atoms. The van der Waals surface area contributed by atoms with Crippen LogP contribution in [0.4, 0.5) is 17.3 Å². The molecule has 0 spiro atoms. The first-order valence-electron chi connectivity index (χ1n) is 25.3. The summed E-state index contributed by atoms with van der Waals surface area (Å²) in [6.45, 7) is 12.5. The van der Waals surface area contributed by atoms with Gasteiger partial charge >= 0.3 is 0 Å². The highest BCUT2D eigenvalue weighted by Crippen LogP contribution is 2.41. The van der Waals surface area contributed by atoms with Gasteiger partial charge in [0.2, 0.25) is 17.8 Å². The largest absolute Gasteiger partial charge is 0.384 e. The standard InChI is InChI=1S/C53H60N12O5/c1-3-24-64-51(68)41-32-54-52(58-49(41)65(64)44-17-5-33-19-23-53(69,4-2)48(33)56-44)55-34-6-8-35(9-7-34)61-28-30-62(31-29-61)37-20-25-60(26-21-37)36-10-12-38(13-11-36)63-27-22-39-42(63)15-16-43-46(39)47(59-70-43)40-14-18-45(66)57-50(40)67/h3,5-9,15-17,22,27,32,36-38,40,69H,1,4,10-14,18-21,23-26,28-31H2,2H3,(H,54,55,58)(H,57,66,67)/t36-,38-,40?,53-/m1/s1. The lowest BCUT2D eigenvalue weighted by molar-refractivity contribution is -0.134. The Morgan fingerprint density at radius 3 is 2.36 bits per heavy atom. The van der Waals surface area contributed by atoms with Crippen molar-refractivity contribution in [2.24, 2.45) is 0 Å². The van der Waals surface area contributed by atoms with Gasteiger partial charge in [-0.1, -0.05) is 24.2 Å². The van der Waals surface area contributed by atoms with Gasteiger partial charge in [-0.25, -0.2) is 19.3 Å². The summed E-state index contributed by atoms with van der Waals surface area (Å²) in [4.78, 5) is 60.4. The minimum absolute atomic E-state index is 0.232. The number of piperidine rings is 2. The van der Waals surface area contributed by atoms with Crippen LogP contribution in [-0.4, -0.2) is 112 Å². The summed E-state index contributed by atoms with van der Waals surface area (Å²) in [5.74, 6) is -0.132. The van der Waals surface area contributed by atoms with Crippen LogP contribution in [0.5, 0.6) is 0 Å². The molecular formula is C53H60N12O5. The second-order valence-electron chi connectivity index (χ2n) is 20.1. The third-order valence-electron chi connectivity index (χ3n) is 16.3. The second-order valence-corrected chi connectivity index (χ2v) is 20.1. The zero-order valence-corrected chi connectivity index (χ0v) is 39.7. The van der Waals surface area contributed by atoms with E-state index in [1.807, 2.05) is 25.1 Å². The number of fused-ring (bicyclic) bond motifs is 5. The molecule has 70 heavy (non-hydrogen) atoms. The van der Waals surface area contributed by atoms with Crippen molar-refractivity contribution < 1.29 is 19.2 Å². The highest BCUT2D eigenvalue weighted by atomic mass is 16.5. The Labute approximate surface area is 405 Å². The van der Waals surface area contributed by atoms with Crippen molar-refractivity contribution in [1.82, 2.24) is 49.2 Å². The van der Waals surface area contributed by atoms with Crippen molar-refractivity contribution in [2.45, 2.75) is 114 Å². The van der Waals surface area contributed by atoms with Crippen LogP contribution >= 0.6 is 0 Å². The molecule has 4 fully saturated rings. The van der Waals surface area contributed by atoms with E-state index in [4.69, 9.17) is 14.5 Å². The van der Waals surface area contributed by atoms with Gasteiger partial charge in [0, 0.05) is 85.4 Å². The number of aryl methyl sites for hydroxylation is 1. The lowest BCUT2D eigenvalue weighted by atomic mass is 9.88. The van der Waals surface area contributed by atoms with E-state index in [0.29, 0.717) is 83.6 Å². The van der Waals surface area contributed by atoms with Gasteiger partial charge in [-0.15, -0.1) is 6.58 Å². The number of anilines is 3. The van der Waals surface area contributed by atoms with E-state index in [-0.39, 0.29) is 23.9 Å². The Balaban J connectivity index is 0.639. The molecule has 0 radical (unpaired) electrons. The average Bonchev–Trinajstić information content (AvgIpc) is 4.17. The van der Waals surface area contributed by atoms with E-state index in [9.17, 15) is 19.5 Å². The first-order valence-corrected chi connectivity index (χ1v) is 25.3. The van der Waals surface area contributed by atoms with Crippen LogP contribution in [0, 0.1) is 0 Å². The van der Waals surface area contributed by atoms with Crippen LogP contribution in [-0.2, 0) is 28.2 Å². The van der Waals surface area contributed by atoms with Crippen molar-refractivity contribution in [3.63, 3.8) is 0 Å². The lowest BCUT2D eigenvalue weighted by Crippen LogP contribution is -2.54. The zero-order valence-electron chi connectivity index (χ0n) is 39.7. The number of benzene rings is 2. The number of likely N-dealkylation sites (tertiary alicyclic amines) is 1. The van der Waals surface area contributed by atoms with Gasteiger partial charge in [-0.05, 0) is 131 Å². The molecule has 17 nitrogen and oxygen atoms in total. The molecule has 1 unspecified atom stereocenters. The highest BCUT2D eigenvalue weighted by molar-refractivity contribution is 6.09. The lowest BCUT2D eigenvalue weighted by Gasteiger charge is -2.46. The fraction of sp³-hybridized carbons (Fsp3) is 0.453. The number of aromatic nitrogens is 7. The molecular weight excluding hydrogens is 885 g/mol. The molecule has 3 N–H and O–H groups in total. The SMILES string of the molecule is C=CCn1c(=O)c2cnc(Nc3ccc(N4CCN(C5CCN([C@H]6CC[C@H](n7ccc8c9c(C%10CCC(=O)NC%10=O)noc9ccc87)CC6)CC5)CC4)cc3)nc2n1-c1ccc2c(n1)[C@@](O)(CC)CC2. The van der Waals surface area contributed by atoms with Crippen LogP contribution in [0.2, 0.25) is 0 Å². The van der Waals surface area contributed by atoms with Crippen LogP contribution in [0.3, 0.4) is 0 Å². The molecule has 7 aromatic rings.